The van der Waals surface area contributed by atoms with Crippen molar-refractivity contribution in [1.29, 1.82) is 0 Å². The Labute approximate surface area is 236 Å². The van der Waals surface area contributed by atoms with Crippen molar-refractivity contribution in [3.05, 3.63) is 24.3 Å². The summed E-state index contributed by atoms with van der Waals surface area (Å²) in [6, 6.07) is 0. The maximum atomic E-state index is 13.0. The van der Waals surface area contributed by atoms with Crippen LogP contribution < -0.4 is 0 Å². The molecule has 3 unspecified atom stereocenters. The van der Waals surface area contributed by atoms with E-state index in [9.17, 15) is 9.59 Å². The highest BCUT2D eigenvalue weighted by atomic mass is 16.7. The molecule has 0 amide bonds. The molecule has 1 aliphatic heterocycles. The van der Waals surface area contributed by atoms with Gasteiger partial charge in [-0.25, -0.2) is 0 Å². The monoisotopic (exact) mass is 536 g/mol. The Bertz CT molecular complexity index is 1040. The van der Waals surface area contributed by atoms with Gasteiger partial charge in [-0.05, 0) is 141 Å². The maximum Gasteiger partial charge on any atom is 0.168 e. The van der Waals surface area contributed by atoms with Gasteiger partial charge >= 0.3 is 0 Å². The molecule has 4 nitrogen and oxygen atoms in total. The minimum absolute atomic E-state index is 0.00984. The SMILES string of the molecule is C=C(C)[C@@H]1CC[C@]2(COC3CCCCO3)CC[C@]3(C)[C@H](CCC4[C@@]5(C)CC(C=O)C(=O)C(=C)[C@@H]5CC[C@]43C)[C@@H]12. The zero-order valence-corrected chi connectivity index (χ0v) is 25.1. The Hall–Kier alpha value is -1.26. The first-order valence-corrected chi connectivity index (χ1v) is 16.1. The van der Waals surface area contributed by atoms with E-state index in [0.29, 0.717) is 30.1 Å². The summed E-state index contributed by atoms with van der Waals surface area (Å²) in [7, 11) is 0. The van der Waals surface area contributed by atoms with Gasteiger partial charge in [0.05, 0.1) is 12.5 Å². The molecule has 216 valence electrons. The number of carbonyl (C=O) groups is 2. The predicted octanol–water partition coefficient (Wildman–Crippen LogP) is 7.71. The molecule has 6 fully saturated rings. The molecule has 4 heteroatoms. The molecule has 5 aliphatic carbocycles. The van der Waals surface area contributed by atoms with Gasteiger partial charge in [-0.2, -0.15) is 0 Å². The summed E-state index contributed by atoms with van der Waals surface area (Å²) in [5.74, 6) is 2.09. The fraction of sp³-hybridized carbons (Fsp3) is 0.829. The average molecular weight is 537 g/mol. The third kappa shape index (κ3) is 3.89. The van der Waals surface area contributed by atoms with Gasteiger partial charge in [-0.15, -0.1) is 0 Å². The summed E-state index contributed by atoms with van der Waals surface area (Å²) in [5.41, 5.74) is 2.72. The largest absolute Gasteiger partial charge is 0.353 e. The molecule has 0 aromatic rings. The summed E-state index contributed by atoms with van der Waals surface area (Å²) in [6.45, 7) is 20.4. The lowest BCUT2D eigenvalue weighted by molar-refractivity contribution is -0.236. The van der Waals surface area contributed by atoms with Crippen LogP contribution in [-0.4, -0.2) is 31.6 Å². The minimum Gasteiger partial charge on any atom is -0.353 e. The highest BCUT2D eigenvalue weighted by Gasteiger charge is 2.70. The number of hydrogen-bond acceptors (Lipinski definition) is 4. The van der Waals surface area contributed by atoms with Crippen LogP contribution in [0.2, 0.25) is 0 Å². The molecule has 0 aromatic heterocycles. The molecule has 0 bridgehead atoms. The van der Waals surface area contributed by atoms with Gasteiger partial charge in [-0.3, -0.25) is 4.79 Å². The van der Waals surface area contributed by atoms with E-state index in [1.54, 1.807) is 0 Å². The van der Waals surface area contributed by atoms with Crippen molar-refractivity contribution in [3.8, 4) is 0 Å². The molecule has 0 radical (unpaired) electrons. The molecule has 0 spiro atoms. The van der Waals surface area contributed by atoms with Gasteiger partial charge in [0, 0.05) is 6.61 Å². The summed E-state index contributed by atoms with van der Waals surface area (Å²) < 4.78 is 12.6. The maximum absolute atomic E-state index is 13.0. The van der Waals surface area contributed by atoms with Gasteiger partial charge in [0.1, 0.15) is 6.29 Å². The molecule has 6 aliphatic rings. The lowest BCUT2D eigenvalue weighted by atomic mass is 9.33. The molecular weight excluding hydrogens is 484 g/mol. The molecule has 1 saturated heterocycles. The minimum atomic E-state index is -0.507. The second-order valence-electron chi connectivity index (χ2n) is 15.5. The molecular formula is C35H52O4. The van der Waals surface area contributed by atoms with Crippen molar-refractivity contribution in [2.75, 3.05) is 13.2 Å². The van der Waals surface area contributed by atoms with Crippen LogP contribution in [0.3, 0.4) is 0 Å². The zero-order chi connectivity index (χ0) is 27.8. The Morgan fingerprint density at radius 1 is 1.03 bits per heavy atom. The molecule has 5 saturated carbocycles. The van der Waals surface area contributed by atoms with Crippen LogP contribution in [0.1, 0.15) is 105 Å². The van der Waals surface area contributed by atoms with Gasteiger partial charge in [0.25, 0.3) is 0 Å². The number of ketones is 1. The average Bonchev–Trinajstić information content (AvgIpc) is 3.31. The molecule has 39 heavy (non-hydrogen) atoms. The fourth-order valence-corrected chi connectivity index (χ4v) is 11.9. The van der Waals surface area contributed by atoms with E-state index in [1.165, 1.54) is 50.5 Å². The van der Waals surface area contributed by atoms with Crippen LogP contribution in [0.5, 0.6) is 0 Å². The molecule has 1 heterocycles. The summed E-state index contributed by atoms with van der Waals surface area (Å²) in [4.78, 5) is 25.0. The molecule has 11 atom stereocenters. The Morgan fingerprint density at radius 2 is 1.82 bits per heavy atom. The quantitative estimate of drug-likeness (QED) is 0.156. The standard InChI is InChI=1S/C35H52O4/c1-22(2)25-12-15-35(21-39-29-9-7-8-18-38-29)17-16-33(5)27(30(25)35)10-11-28-32(4)19-24(20-36)31(37)23(3)26(32)13-14-34(28,33)6/h20,24-30H,1,3,7-19,21H2,2,4-6H3/t24?,25-,26-,27+,28?,29?,30+,32-,33+,34+,35+/m0/s1. The number of aldehydes is 1. The van der Waals surface area contributed by atoms with Gasteiger partial charge < -0.3 is 14.3 Å². The van der Waals surface area contributed by atoms with Crippen molar-refractivity contribution < 1.29 is 19.1 Å². The number of rotatable bonds is 5. The van der Waals surface area contributed by atoms with E-state index in [4.69, 9.17) is 9.47 Å². The van der Waals surface area contributed by atoms with Crippen LogP contribution in [0, 0.1) is 57.2 Å². The van der Waals surface area contributed by atoms with Crippen molar-refractivity contribution in [3.63, 3.8) is 0 Å². The number of ether oxygens (including phenoxy) is 2. The number of carbonyl (C=O) groups excluding carboxylic acids is 2. The van der Waals surface area contributed by atoms with Crippen LogP contribution in [-0.2, 0) is 19.1 Å². The number of Topliss-reactive ketones (excluding diaryl/α,β-unsaturated/α-hetero) is 1. The van der Waals surface area contributed by atoms with Crippen molar-refractivity contribution in [2.24, 2.45) is 57.2 Å². The van der Waals surface area contributed by atoms with E-state index in [2.05, 4.69) is 40.9 Å². The summed E-state index contributed by atoms with van der Waals surface area (Å²) in [5, 5.41) is 0. The third-order valence-electron chi connectivity index (χ3n) is 14.1. The first-order valence-electron chi connectivity index (χ1n) is 16.1. The van der Waals surface area contributed by atoms with Crippen LogP contribution >= 0.6 is 0 Å². The van der Waals surface area contributed by atoms with Gasteiger partial charge in [-0.1, -0.05) is 39.5 Å². The van der Waals surface area contributed by atoms with Crippen LogP contribution in [0.15, 0.2) is 24.3 Å². The smallest absolute Gasteiger partial charge is 0.168 e. The van der Waals surface area contributed by atoms with Crippen molar-refractivity contribution in [2.45, 2.75) is 111 Å². The van der Waals surface area contributed by atoms with E-state index in [0.717, 1.165) is 50.8 Å². The highest BCUT2D eigenvalue weighted by molar-refractivity contribution is 6.05. The molecule has 6 rings (SSSR count). The third-order valence-corrected chi connectivity index (χ3v) is 14.1. The first kappa shape index (κ1) is 27.9. The first-order chi connectivity index (χ1) is 18.5. The van der Waals surface area contributed by atoms with Crippen LogP contribution in [0.4, 0.5) is 0 Å². The Balaban J connectivity index is 1.33. The molecule has 0 aromatic carbocycles. The number of fused-ring (bicyclic) bond motifs is 7. The molecule has 0 N–H and O–H groups in total. The lowest BCUT2D eigenvalue weighted by Crippen LogP contribution is -2.65. The Morgan fingerprint density at radius 3 is 2.51 bits per heavy atom. The highest BCUT2D eigenvalue weighted by Crippen LogP contribution is 2.76. The Kier molecular flexibility index (Phi) is 6.90. The van der Waals surface area contributed by atoms with E-state index in [1.807, 2.05) is 0 Å². The topological polar surface area (TPSA) is 52.6 Å². The summed E-state index contributed by atoms with van der Waals surface area (Å²) in [6.07, 6.45) is 14.6. The van der Waals surface area contributed by atoms with E-state index in [-0.39, 0.29) is 39.7 Å². The fourth-order valence-electron chi connectivity index (χ4n) is 11.9. The lowest BCUT2D eigenvalue weighted by Gasteiger charge is -2.71. The number of hydrogen-bond donors (Lipinski definition) is 0. The van der Waals surface area contributed by atoms with E-state index < -0.39 is 5.92 Å². The van der Waals surface area contributed by atoms with Crippen LogP contribution in [0.25, 0.3) is 0 Å². The van der Waals surface area contributed by atoms with E-state index >= 15 is 0 Å². The number of allylic oxidation sites excluding steroid dienone is 2. The van der Waals surface area contributed by atoms with Crippen molar-refractivity contribution in [1.82, 2.24) is 0 Å². The van der Waals surface area contributed by atoms with Gasteiger partial charge in [0.2, 0.25) is 0 Å². The van der Waals surface area contributed by atoms with Gasteiger partial charge in [0.15, 0.2) is 12.1 Å². The summed E-state index contributed by atoms with van der Waals surface area (Å²) >= 11 is 0. The zero-order valence-electron chi connectivity index (χ0n) is 25.1. The second kappa shape index (κ2) is 9.65. The second-order valence-corrected chi connectivity index (χ2v) is 15.5. The normalized spacial score (nSPS) is 51.3. The van der Waals surface area contributed by atoms with Crippen molar-refractivity contribution >= 4 is 12.1 Å². The predicted molar refractivity (Wildman–Crippen MR) is 154 cm³/mol.